The SMILES string of the molecule is Cc1cc(-c2cc(F)cnc2C)ccc1-c1nccc2cc(S(=O)(=O)Oc3c(F)c(F)c(F)c(F)c3F)ccc12. The standard InChI is InChI=1S/C28H16F6N2O3S/c1-13-9-15(21-11-17(29)12-36-14(21)2)3-5-19(13)27-20-6-4-18(10-16(20)7-8-35-27)40(37,38)39-28-25(33)23(31)22(30)24(32)26(28)34/h3-12H,1-2H3. The van der Waals surface area contributed by atoms with Crippen LogP contribution in [0.3, 0.4) is 0 Å². The van der Waals surface area contributed by atoms with Gasteiger partial charge in [-0.2, -0.15) is 17.2 Å². The molecule has 0 atom stereocenters. The van der Waals surface area contributed by atoms with Crippen LogP contribution >= 0.6 is 0 Å². The summed E-state index contributed by atoms with van der Waals surface area (Å²) >= 11 is 0. The van der Waals surface area contributed by atoms with Gasteiger partial charge in [-0.1, -0.05) is 24.3 Å². The summed E-state index contributed by atoms with van der Waals surface area (Å²) in [6.45, 7) is 3.57. The van der Waals surface area contributed by atoms with E-state index >= 15 is 0 Å². The minimum atomic E-state index is -5.02. The number of fused-ring (bicyclic) bond motifs is 1. The van der Waals surface area contributed by atoms with Crippen LogP contribution < -0.4 is 4.18 Å². The third-order valence-corrected chi connectivity index (χ3v) is 7.45. The number of benzene rings is 3. The second-order valence-electron chi connectivity index (χ2n) is 8.80. The van der Waals surface area contributed by atoms with Crippen LogP contribution in [0.1, 0.15) is 11.3 Å². The lowest BCUT2D eigenvalue weighted by atomic mass is 9.95. The number of halogens is 6. The van der Waals surface area contributed by atoms with Crippen molar-refractivity contribution < 1.29 is 38.9 Å². The monoisotopic (exact) mass is 574 g/mol. The van der Waals surface area contributed by atoms with Crippen LogP contribution in [-0.2, 0) is 10.1 Å². The average Bonchev–Trinajstić information content (AvgIpc) is 2.94. The van der Waals surface area contributed by atoms with Crippen molar-refractivity contribution in [3.63, 3.8) is 0 Å². The average molecular weight is 575 g/mol. The summed E-state index contributed by atoms with van der Waals surface area (Å²) in [5.41, 5.74) is 3.91. The lowest BCUT2D eigenvalue weighted by molar-refractivity contribution is 0.346. The number of hydrogen-bond donors (Lipinski definition) is 0. The first kappa shape index (κ1) is 27.1. The predicted octanol–water partition coefficient (Wildman–Crippen LogP) is 7.18. The number of aryl methyl sites for hydroxylation is 2. The van der Waals surface area contributed by atoms with Crippen LogP contribution in [0.4, 0.5) is 26.3 Å². The topological polar surface area (TPSA) is 69.2 Å². The Bertz CT molecular complexity index is 1920. The summed E-state index contributed by atoms with van der Waals surface area (Å²) in [6.07, 6.45) is 2.54. The minimum absolute atomic E-state index is 0.334. The second-order valence-corrected chi connectivity index (χ2v) is 10.3. The fourth-order valence-corrected chi connectivity index (χ4v) is 5.21. The van der Waals surface area contributed by atoms with E-state index in [1.54, 1.807) is 19.1 Å². The van der Waals surface area contributed by atoms with E-state index in [1.165, 1.54) is 24.4 Å². The molecule has 0 fully saturated rings. The molecule has 0 aliphatic carbocycles. The van der Waals surface area contributed by atoms with Crippen LogP contribution in [0, 0.1) is 48.8 Å². The molecule has 0 saturated heterocycles. The minimum Gasteiger partial charge on any atom is -0.372 e. The molecular formula is C28H16F6N2O3S. The van der Waals surface area contributed by atoms with E-state index in [9.17, 15) is 34.8 Å². The van der Waals surface area contributed by atoms with Gasteiger partial charge in [0.1, 0.15) is 10.7 Å². The lowest BCUT2D eigenvalue weighted by Gasteiger charge is -2.13. The van der Waals surface area contributed by atoms with Crippen molar-refractivity contribution in [1.82, 2.24) is 9.97 Å². The number of pyridine rings is 2. The van der Waals surface area contributed by atoms with Gasteiger partial charge in [-0.25, -0.2) is 17.6 Å². The Kier molecular flexibility index (Phi) is 6.74. The maximum atomic E-state index is 14.0. The summed E-state index contributed by atoms with van der Waals surface area (Å²) in [5.74, 6) is -14.4. The van der Waals surface area contributed by atoms with E-state index in [4.69, 9.17) is 0 Å². The zero-order chi connectivity index (χ0) is 28.9. The van der Waals surface area contributed by atoms with Gasteiger partial charge in [0.15, 0.2) is 0 Å². The van der Waals surface area contributed by atoms with Gasteiger partial charge in [0.05, 0.1) is 11.9 Å². The van der Waals surface area contributed by atoms with Crippen LogP contribution in [0.25, 0.3) is 33.2 Å². The second kappa shape index (κ2) is 9.94. The number of hydrogen-bond acceptors (Lipinski definition) is 5. The van der Waals surface area contributed by atoms with Gasteiger partial charge < -0.3 is 4.18 Å². The molecule has 2 aromatic heterocycles. The van der Waals surface area contributed by atoms with Gasteiger partial charge in [0.25, 0.3) is 0 Å². The molecule has 3 aromatic carbocycles. The van der Waals surface area contributed by atoms with Crippen LogP contribution in [-0.4, -0.2) is 18.4 Å². The summed E-state index contributed by atoms with van der Waals surface area (Å²) in [5, 5.41) is 0.831. The molecule has 0 amide bonds. The largest absolute Gasteiger partial charge is 0.372 e. The highest BCUT2D eigenvalue weighted by Gasteiger charge is 2.31. The normalized spacial score (nSPS) is 11.7. The highest BCUT2D eigenvalue weighted by Crippen LogP contribution is 2.35. The Morgan fingerprint density at radius 3 is 2.08 bits per heavy atom. The highest BCUT2D eigenvalue weighted by atomic mass is 32.2. The maximum absolute atomic E-state index is 14.0. The zero-order valence-electron chi connectivity index (χ0n) is 20.6. The van der Waals surface area contributed by atoms with Gasteiger partial charge in [-0.05, 0) is 54.6 Å². The van der Waals surface area contributed by atoms with E-state index in [-0.39, 0.29) is 0 Å². The molecule has 12 heteroatoms. The lowest BCUT2D eigenvalue weighted by Crippen LogP contribution is -2.14. The molecule has 0 aliphatic rings. The van der Waals surface area contributed by atoms with Crippen molar-refractivity contribution >= 4 is 20.9 Å². The maximum Gasteiger partial charge on any atom is 0.339 e. The van der Waals surface area contributed by atoms with Gasteiger partial charge >= 0.3 is 10.1 Å². The van der Waals surface area contributed by atoms with Crippen molar-refractivity contribution in [1.29, 1.82) is 0 Å². The molecule has 0 aliphatic heterocycles. The molecule has 5 rings (SSSR count). The van der Waals surface area contributed by atoms with E-state index in [0.29, 0.717) is 33.3 Å². The Labute approximate surface area is 223 Å². The quantitative estimate of drug-likeness (QED) is 0.0963. The Morgan fingerprint density at radius 2 is 1.40 bits per heavy atom. The summed E-state index contributed by atoms with van der Waals surface area (Å²) in [7, 11) is -5.02. The molecular weight excluding hydrogens is 558 g/mol. The van der Waals surface area contributed by atoms with Gasteiger partial charge in [0.2, 0.25) is 34.8 Å². The van der Waals surface area contributed by atoms with Gasteiger partial charge in [-0.3, -0.25) is 9.97 Å². The van der Waals surface area contributed by atoms with Crippen molar-refractivity contribution in [3.05, 3.63) is 107 Å². The van der Waals surface area contributed by atoms with E-state index < -0.39 is 55.7 Å². The molecule has 0 bridgehead atoms. The first-order chi connectivity index (χ1) is 18.9. The summed E-state index contributed by atoms with van der Waals surface area (Å²) in [4.78, 5) is 7.86. The van der Waals surface area contributed by atoms with E-state index in [2.05, 4.69) is 14.2 Å². The van der Waals surface area contributed by atoms with Crippen molar-refractivity contribution in [3.8, 4) is 28.1 Å². The van der Waals surface area contributed by atoms with E-state index in [0.717, 1.165) is 29.5 Å². The highest BCUT2D eigenvalue weighted by molar-refractivity contribution is 7.87. The number of rotatable bonds is 5. The molecule has 0 unspecified atom stereocenters. The van der Waals surface area contributed by atoms with Gasteiger partial charge in [0, 0.05) is 28.4 Å². The molecule has 5 nitrogen and oxygen atoms in total. The fraction of sp³-hybridized carbons (Fsp3) is 0.0714. The predicted molar refractivity (Wildman–Crippen MR) is 134 cm³/mol. The molecule has 0 radical (unpaired) electrons. The van der Waals surface area contributed by atoms with Crippen molar-refractivity contribution in [2.24, 2.45) is 0 Å². The number of nitrogens with zero attached hydrogens (tertiary/aromatic N) is 2. The fourth-order valence-electron chi connectivity index (χ4n) is 4.24. The zero-order valence-corrected chi connectivity index (χ0v) is 21.4. The number of aromatic nitrogens is 2. The molecule has 0 N–H and O–H groups in total. The smallest absolute Gasteiger partial charge is 0.339 e. The first-order valence-corrected chi connectivity index (χ1v) is 12.9. The summed E-state index contributed by atoms with van der Waals surface area (Å²) in [6, 6.07) is 11.8. The van der Waals surface area contributed by atoms with Gasteiger partial charge in [-0.15, -0.1) is 0 Å². The molecule has 0 saturated carbocycles. The molecule has 5 aromatic rings. The molecule has 0 spiro atoms. The first-order valence-electron chi connectivity index (χ1n) is 11.5. The van der Waals surface area contributed by atoms with Crippen molar-refractivity contribution in [2.45, 2.75) is 18.7 Å². The van der Waals surface area contributed by atoms with Crippen LogP contribution in [0.15, 0.2) is 65.8 Å². The Hall–Kier alpha value is -4.45. The van der Waals surface area contributed by atoms with Crippen LogP contribution in [0.2, 0.25) is 0 Å². The molecule has 204 valence electrons. The summed E-state index contributed by atoms with van der Waals surface area (Å²) < 4.78 is 112. The van der Waals surface area contributed by atoms with Crippen LogP contribution in [0.5, 0.6) is 5.75 Å². The molecule has 40 heavy (non-hydrogen) atoms. The third-order valence-electron chi connectivity index (χ3n) is 6.23. The van der Waals surface area contributed by atoms with E-state index in [1.807, 2.05) is 13.0 Å². The Balaban J connectivity index is 1.54. The Morgan fingerprint density at radius 1 is 0.725 bits per heavy atom. The third kappa shape index (κ3) is 4.64. The molecule has 2 heterocycles. The van der Waals surface area contributed by atoms with Crippen molar-refractivity contribution in [2.75, 3.05) is 0 Å².